The fraction of sp³-hybridized carbons (Fsp3) is 0.944. The molecule has 7 unspecified atom stereocenters. The second kappa shape index (κ2) is 21.9. The summed E-state index contributed by atoms with van der Waals surface area (Å²) < 4.78 is 37.5. The summed E-state index contributed by atoms with van der Waals surface area (Å²) in [7, 11) is 0. The Morgan fingerprint density at radius 1 is 0.972 bits per heavy atom. The van der Waals surface area contributed by atoms with Crippen LogP contribution in [0, 0.1) is 45.3 Å². The first-order valence-corrected chi connectivity index (χ1v) is 29.2. The summed E-state index contributed by atoms with van der Waals surface area (Å²) >= 11 is 1.90. The van der Waals surface area contributed by atoms with Crippen LogP contribution in [-0.2, 0) is 38.0 Å². The number of rotatable bonds is 23. The van der Waals surface area contributed by atoms with Gasteiger partial charge in [-0.25, -0.2) is 4.79 Å². The highest BCUT2D eigenvalue weighted by Crippen LogP contribution is 2.87. The second-order valence-corrected chi connectivity index (χ2v) is 26.3. The first kappa shape index (κ1) is 54.9. The highest BCUT2D eigenvalue weighted by atomic mass is 32.2. The summed E-state index contributed by atoms with van der Waals surface area (Å²) in [6.45, 7) is 20.8. The number of fused-ring (bicyclic) bond motifs is 5. The minimum atomic E-state index is -1.08. The van der Waals surface area contributed by atoms with E-state index in [1.807, 2.05) is 18.7 Å². The van der Waals surface area contributed by atoms with Gasteiger partial charge in [-0.2, -0.15) is 11.8 Å². The molecule has 17 atom stereocenters. The van der Waals surface area contributed by atoms with E-state index in [9.17, 15) is 24.6 Å². The van der Waals surface area contributed by atoms with Crippen LogP contribution in [-0.4, -0.2) is 176 Å². The Hall–Kier alpha value is -1.84. The van der Waals surface area contributed by atoms with E-state index >= 15 is 0 Å². The van der Waals surface area contributed by atoms with E-state index in [1.165, 1.54) is 6.42 Å². The molecule has 410 valence electrons. The molecule has 0 radical (unpaired) electrons. The molecule has 4 heterocycles. The fourth-order valence-corrected chi connectivity index (χ4v) is 18.6. The summed E-state index contributed by atoms with van der Waals surface area (Å²) in [4.78, 5) is 38.8. The van der Waals surface area contributed by atoms with Crippen LogP contribution in [0.5, 0.6) is 0 Å². The Kier molecular flexibility index (Phi) is 16.7. The number of amides is 4. The molecule has 0 aromatic heterocycles. The van der Waals surface area contributed by atoms with E-state index in [4.69, 9.17) is 34.2 Å². The third-order valence-corrected chi connectivity index (χ3v) is 21.8. The highest BCUT2D eigenvalue weighted by Gasteiger charge is 2.85. The van der Waals surface area contributed by atoms with Crippen LogP contribution >= 0.6 is 11.8 Å². The average Bonchev–Trinajstić information content (AvgIpc) is 3.52. The van der Waals surface area contributed by atoms with Crippen molar-refractivity contribution >= 4 is 29.6 Å². The van der Waals surface area contributed by atoms with Gasteiger partial charge in [0.15, 0.2) is 6.29 Å². The lowest BCUT2D eigenvalue weighted by atomic mass is 9.43. The van der Waals surface area contributed by atoms with Gasteiger partial charge in [-0.3, -0.25) is 14.5 Å². The van der Waals surface area contributed by atoms with E-state index in [-0.39, 0.29) is 100 Å². The second-order valence-electron chi connectivity index (χ2n) is 25.0. The maximum atomic E-state index is 12.6. The Bertz CT molecular complexity index is 1910. The zero-order valence-corrected chi connectivity index (χ0v) is 45.5. The minimum absolute atomic E-state index is 0.0248. The molecule has 5 saturated carbocycles. The maximum absolute atomic E-state index is 12.6. The van der Waals surface area contributed by atoms with Crippen molar-refractivity contribution in [3.8, 4) is 0 Å². The van der Waals surface area contributed by atoms with E-state index in [0.29, 0.717) is 83.4 Å². The number of hydrogen-bond donors (Lipinski definition) is 7. The third-order valence-electron chi connectivity index (χ3n) is 20.3. The van der Waals surface area contributed by atoms with Crippen molar-refractivity contribution in [3.63, 3.8) is 0 Å². The van der Waals surface area contributed by atoms with E-state index in [0.717, 1.165) is 76.5 Å². The van der Waals surface area contributed by atoms with Gasteiger partial charge in [-0.05, 0) is 130 Å². The first-order valence-electron chi connectivity index (χ1n) is 28.1. The topological polar surface area (TPSA) is 224 Å². The molecule has 9 rings (SSSR count). The number of urea groups is 1. The number of carbonyl (C=O) groups is 3. The van der Waals surface area contributed by atoms with Crippen LogP contribution in [0.1, 0.15) is 132 Å². The van der Waals surface area contributed by atoms with Crippen LogP contribution < -0.4 is 27.0 Å². The molecular formula is C54H92N6O11S. The van der Waals surface area contributed by atoms with Gasteiger partial charge in [0.1, 0.15) is 6.10 Å². The van der Waals surface area contributed by atoms with Gasteiger partial charge in [0.25, 0.3) is 0 Å². The summed E-state index contributed by atoms with van der Waals surface area (Å²) in [6, 6.07) is 0.367. The Labute approximate surface area is 433 Å². The van der Waals surface area contributed by atoms with Crippen molar-refractivity contribution in [2.24, 2.45) is 51.1 Å². The Morgan fingerprint density at radius 2 is 1.71 bits per heavy atom. The molecule has 4 aliphatic heterocycles. The number of ether oxygens (including phenoxy) is 6. The van der Waals surface area contributed by atoms with Crippen LogP contribution in [0.4, 0.5) is 4.79 Å². The molecule has 2 spiro atoms. The Balaban J connectivity index is 0.655. The number of aliphatic hydroxyl groups excluding tert-OH is 1. The number of unbranched alkanes of at least 4 members (excludes halogenated alkanes) is 1. The predicted molar refractivity (Wildman–Crippen MR) is 274 cm³/mol. The van der Waals surface area contributed by atoms with Crippen molar-refractivity contribution in [3.05, 3.63) is 0 Å². The number of nitrogens with one attached hydrogen (secondary N) is 4. The molecule has 4 amide bonds. The number of morpholine rings is 1. The van der Waals surface area contributed by atoms with Crippen molar-refractivity contribution in [1.82, 2.24) is 26.2 Å². The van der Waals surface area contributed by atoms with Crippen molar-refractivity contribution in [2.75, 3.05) is 78.1 Å². The quantitative estimate of drug-likeness (QED) is 0.0566. The average molecular weight is 1030 g/mol. The SMILES string of the molecule is CCO[C@@H](C1C[C@@H](C)[C@H]2C(O1)[C@H](O)[C@@]1(N)C3CC[C@H]4C(C)(C)[C@@H](O[C@H]5CN(CCNC(=O)CCOCCOCCNC(=O)CCCC[C@@H]6SCC7NC(=O)NC76)CCO5)CCC45C[C@@]35CCC21C)C(C)(C)O. The molecule has 18 heteroatoms. The van der Waals surface area contributed by atoms with Crippen molar-refractivity contribution in [2.45, 2.75) is 197 Å². The lowest BCUT2D eigenvalue weighted by Crippen LogP contribution is -2.70. The monoisotopic (exact) mass is 1030 g/mol. The van der Waals surface area contributed by atoms with Gasteiger partial charge in [0.2, 0.25) is 11.8 Å². The van der Waals surface area contributed by atoms with E-state index < -0.39 is 23.3 Å². The van der Waals surface area contributed by atoms with Gasteiger partial charge in [-0.1, -0.05) is 34.1 Å². The molecule has 9 fully saturated rings. The lowest BCUT2D eigenvalue weighted by Gasteiger charge is -2.63. The molecule has 17 nitrogen and oxygen atoms in total. The number of aliphatic hydroxyl groups is 2. The third kappa shape index (κ3) is 10.3. The molecule has 0 aromatic carbocycles. The molecule has 9 aliphatic rings. The molecule has 4 saturated heterocycles. The minimum Gasteiger partial charge on any atom is -0.388 e. The number of nitrogens with two attached hydrogens (primary N) is 1. The fourth-order valence-electron chi connectivity index (χ4n) is 17.0. The first-order chi connectivity index (χ1) is 34.3. The smallest absolute Gasteiger partial charge is 0.315 e. The summed E-state index contributed by atoms with van der Waals surface area (Å²) in [5, 5.41) is 36.1. The molecule has 0 bridgehead atoms. The van der Waals surface area contributed by atoms with E-state index in [1.54, 1.807) is 13.8 Å². The van der Waals surface area contributed by atoms with Crippen LogP contribution in [0.2, 0.25) is 0 Å². The van der Waals surface area contributed by atoms with E-state index in [2.05, 4.69) is 53.9 Å². The highest BCUT2D eigenvalue weighted by molar-refractivity contribution is 8.00. The van der Waals surface area contributed by atoms with Gasteiger partial charge in [0.05, 0.1) is 80.7 Å². The number of nitrogens with zero attached hydrogens (tertiary/aromatic N) is 1. The van der Waals surface area contributed by atoms with Gasteiger partial charge < -0.3 is 65.6 Å². The van der Waals surface area contributed by atoms with Crippen LogP contribution in [0.15, 0.2) is 0 Å². The van der Waals surface area contributed by atoms with Crippen LogP contribution in [0.25, 0.3) is 0 Å². The molecule has 5 aliphatic carbocycles. The van der Waals surface area contributed by atoms with Gasteiger partial charge in [-0.15, -0.1) is 0 Å². The van der Waals surface area contributed by atoms with Gasteiger partial charge in [0, 0.05) is 63.2 Å². The largest absolute Gasteiger partial charge is 0.388 e. The van der Waals surface area contributed by atoms with Crippen molar-refractivity contribution in [1.29, 1.82) is 0 Å². The van der Waals surface area contributed by atoms with Crippen LogP contribution in [0.3, 0.4) is 0 Å². The normalized spacial score (nSPS) is 42.2. The lowest BCUT2D eigenvalue weighted by molar-refractivity contribution is -0.246. The number of hydrogen-bond acceptors (Lipinski definition) is 14. The zero-order valence-electron chi connectivity index (χ0n) is 44.7. The standard InChI is InChI=1S/C54H92N6O11S/c1-8-68-47(50(5,6)65)35-29-33(2)43-45(70-35)46(63)54(55)38-14-13-37-49(3,4)39(15-17-52(37)32-53(38,52)19-18-51(43,54)7)71-42-30-60(23-26-69-42)22-20-56-41(62)16-24-66-27-28-67-25-21-57-40(61)12-10-9-11-36-44-34(31-72-36)58-48(64)59-44/h33-39,42-47,63,65H,8-32,55H2,1-7H3,(H,56,62)(H,57,61)(H2,58,59,64)/t33-,34?,35?,36+,37+,38?,39+,42+,43+,44?,45?,46+,47+,51?,52?,53+,54+/m1/s1. The molecule has 8 N–H and O–H groups in total. The summed E-state index contributed by atoms with van der Waals surface area (Å²) in [5.74, 6) is 2.07. The summed E-state index contributed by atoms with van der Waals surface area (Å²) in [6.07, 6.45) is 9.59. The Morgan fingerprint density at radius 3 is 2.49 bits per heavy atom. The zero-order chi connectivity index (χ0) is 51.3. The summed E-state index contributed by atoms with van der Waals surface area (Å²) in [5.41, 5.74) is 6.06. The molecule has 72 heavy (non-hydrogen) atoms. The number of thioether (sulfide) groups is 1. The van der Waals surface area contributed by atoms with Gasteiger partial charge >= 0.3 is 6.03 Å². The maximum Gasteiger partial charge on any atom is 0.315 e. The molecular weight excluding hydrogens is 941 g/mol. The van der Waals surface area contributed by atoms with Crippen molar-refractivity contribution < 1.29 is 53.0 Å². The molecule has 0 aromatic rings. The number of carbonyl (C=O) groups excluding carboxylic acids is 3. The predicted octanol–water partition coefficient (Wildman–Crippen LogP) is 4.09.